The zero-order valence-electron chi connectivity index (χ0n) is 9.30. The fourth-order valence-electron chi connectivity index (χ4n) is 1.79. The predicted molar refractivity (Wildman–Crippen MR) is 58.0 cm³/mol. The monoisotopic (exact) mass is 179 g/mol. The van der Waals surface area contributed by atoms with Crippen LogP contribution in [0.3, 0.4) is 0 Å². The van der Waals surface area contributed by atoms with Crippen LogP contribution in [0.2, 0.25) is 0 Å². The second-order valence-electron chi connectivity index (χ2n) is 3.91. The van der Waals surface area contributed by atoms with E-state index in [9.17, 15) is 0 Å². The highest BCUT2D eigenvalue weighted by Crippen LogP contribution is 2.15. The first kappa shape index (κ1) is 10.4. The Hall–Kier alpha value is -0.720. The van der Waals surface area contributed by atoms with E-state index in [-0.39, 0.29) is 0 Å². The average Bonchev–Trinajstić information content (AvgIpc) is 2.44. The summed E-state index contributed by atoms with van der Waals surface area (Å²) in [6, 6.07) is 4.41. The number of rotatable bonds is 4. The second kappa shape index (κ2) is 4.50. The van der Waals surface area contributed by atoms with E-state index in [4.69, 9.17) is 0 Å². The lowest BCUT2D eigenvalue weighted by molar-refractivity contribution is 0.411. The number of aryl methyl sites for hydroxylation is 2. The maximum absolute atomic E-state index is 2.43. The maximum Gasteiger partial charge on any atom is 0.0252 e. The Bertz CT molecular complexity index is 237. The molecule has 0 unspecified atom stereocenters. The molecule has 1 aromatic heterocycles. The van der Waals surface area contributed by atoms with E-state index in [2.05, 4.69) is 44.4 Å². The smallest absolute Gasteiger partial charge is 0.0252 e. The molecule has 74 valence electrons. The molecule has 1 heterocycles. The summed E-state index contributed by atoms with van der Waals surface area (Å²) in [7, 11) is 0. The standard InChI is InChI=1S/C12H21N/c1-5-12(6-2)9-13-10(3)7-8-11(13)4/h7-8,12H,5-6,9H2,1-4H3. The van der Waals surface area contributed by atoms with Gasteiger partial charge in [-0.05, 0) is 31.9 Å². The van der Waals surface area contributed by atoms with Crippen LogP contribution in [-0.4, -0.2) is 4.57 Å². The first-order valence-electron chi connectivity index (χ1n) is 5.31. The molecule has 0 amide bonds. The largest absolute Gasteiger partial charge is 0.349 e. The molecule has 0 aromatic carbocycles. The fraction of sp³-hybridized carbons (Fsp3) is 0.667. The van der Waals surface area contributed by atoms with Crippen molar-refractivity contribution in [3.05, 3.63) is 23.5 Å². The summed E-state index contributed by atoms with van der Waals surface area (Å²) in [5, 5.41) is 0. The van der Waals surface area contributed by atoms with E-state index in [1.54, 1.807) is 0 Å². The Morgan fingerprint density at radius 1 is 1.08 bits per heavy atom. The maximum atomic E-state index is 2.43. The van der Waals surface area contributed by atoms with Crippen molar-refractivity contribution in [1.82, 2.24) is 4.57 Å². The summed E-state index contributed by atoms with van der Waals surface area (Å²) in [5.41, 5.74) is 2.79. The Kier molecular flexibility index (Phi) is 3.58. The van der Waals surface area contributed by atoms with Crippen LogP contribution in [0, 0.1) is 19.8 Å². The van der Waals surface area contributed by atoms with E-state index in [0.29, 0.717) is 0 Å². The molecule has 0 aliphatic carbocycles. The molecule has 0 spiro atoms. The quantitative estimate of drug-likeness (QED) is 0.666. The van der Waals surface area contributed by atoms with E-state index >= 15 is 0 Å². The van der Waals surface area contributed by atoms with Crippen molar-refractivity contribution in [1.29, 1.82) is 0 Å². The van der Waals surface area contributed by atoms with Crippen LogP contribution < -0.4 is 0 Å². The Balaban J connectivity index is 2.72. The average molecular weight is 179 g/mol. The molecule has 1 aromatic rings. The van der Waals surface area contributed by atoms with Gasteiger partial charge in [0.1, 0.15) is 0 Å². The van der Waals surface area contributed by atoms with Gasteiger partial charge in [-0.2, -0.15) is 0 Å². The molecule has 1 nitrogen and oxygen atoms in total. The zero-order valence-corrected chi connectivity index (χ0v) is 9.30. The molecule has 0 bridgehead atoms. The molecule has 13 heavy (non-hydrogen) atoms. The van der Waals surface area contributed by atoms with Crippen molar-refractivity contribution < 1.29 is 0 Å². The minimum Gasteiger partial charge on any atom is -0.349 e. The minimum atomic E-state index is 0.838. The first-order valence-corrected chi connectivity index (χ1v) is 5.31. The van der Waals surface area contributed by atoms with Gasteiger partial charge in [0.15, 0.2) is 0 Å². The summed E-state index contributed by atoms with van der Waals surface area (Å²) in [5.74, 6) is 0.838. The van der Waals surface area contributed by atoms with E-state index in [0.717, 1.165) is 5.92 Å². The van der Waals surface area contributed by atoms with Gasteiger partial charge in [-0.25, -0.2) is 0 Å². The third-order valence-corrected chi connectivity index (χ3v) is 3.01. The normalized spacial score (nSPS) is 11.2. The van der Waals surface area contributed by atoms with Crippen molar-refractivity contribution >= 4 is 0 Å². The Morgan fingerprint density at radius 3 is 1.92 bits per heavy atom. The van der Waals surface area contributed by atoms with Crippen LogP contribution in [0.5, 0.6) is 0 Å². The summed E-state index contributed by atoms with van der Waals surface area (Å²) in [4.78, 5) is 0. The molecule has 0 N–H and O–H groups in total. The Labute approximate surface area is 81.8 Å². The zero-order chi connectivity index (χ0) is 9.84. The molecule has 0 saturated heterocycles. The highest BCUT2D eigenvalue weighted by Gasteiger charge is 2.07. The van der Waals surface area contributed by atoms with Crippen molar-refractivity contribution in [2.24, 2.45) is 5.92 Å². The fourth-order valence-corrected chi connectivity index (χ4v) is 1.79. The molecular weight excluding hydrogens is 158 g/mol. The van der Waals surface area contributed by atoms with Crippen LogP contribution in [0.25, 0.3) is 0 Å². The summed E-state index contributed by atoms with van der Waals surface area (Å²) in [6.07, 6.45) is 2.57. The van der Waals surface area contributed by atoms with Crippen LogP contribution in [-0.2, 0) is 6.54 Å². The van der Waals surface area contributed by atoms with E-state index in [1.807, 2.05) is 0 Å². The summed E-state index contributed by atoms with van der Waals surface area (Å²) < 4.78 is 2.43. The Morgan fingerprint density at radius 2 is 1.54 bits per heavy atom. The van der Waals surface area contributed by atoms with Crippen LogP contribution in [0.1, 0.15) is 38.1 Å². The topological polar surface area (TPSA) is 4.93 Å². The number of hydrogen-bond donors (Lipinski definition) is 0. The van der Waals surface area contributed by atoms with Gasteiger partial charge in [0.05, 0.1) is 0 Å². The van der Waals surface area contributed by atoms with Gasteiger partial charge in [-0.1, -0.05) is 26.7 Å². The van der Waals surface area contributed by atoms with Crippen molar-refractivity contribution in [2.75, 3.05) is 0 Å². The van der Waals surface area contributed by atoms with Gasteiger partial charge in [-0.15, -0.1) is 0 Å². The van der Waals surface area contributed by atoms with Gasteiger partial charge < -0.3 is 4.57 Å². The molecule has 1 heteroatoms. The number of nitrogens with zero attached hydrogens (tertiary/aromatic N) is 1. The third-order valence-electron chi connectivity index (χ3n) is 3.01. The van der Waals surface area contributed by atoms with Crippen molar-refractivity contribution in [3.8, 4) is 0 Å². The molecule has 0 saturated carbocycles. The van der Waals surface area contributed by atoms with Crippen LogP contribution >= 0.6 is 0 Å². The SMILES string of the molecule is CCC(CC)Cn1c(C)ccc1C. The first-order chi connectivity index (χ1) is 6.19. The molecule has 0 atom stereocenters. The molecular formula is C12H21N. The van der Waals surface area contributed by atoms with Gasteiger partial charge in [-0.3, -0.25) is 0 Å². The predicted octanol–water partition coefficient (Wildman–Crippen LogP) is 3.54. The van der Waals surface area contributed by atoms with Gasteiger partial charge in [0.25, 0.3) is 0 Å². The summed E-state index contributed by atoms with van der Waals surface area (Å²) >= 11 is 0. The summed E-state index contributed by atoms with van der Waals surface area (Å²) in [6.45, 7) is 10.1. The molecule has 0 aliphatic heterocycles. The van der Waals surface area contributed by atoms with E-state index < -0.39 is 0 Å². The highest BCUT2D eigenvalue weighted by molar-refractivity contribution is 5.13. The van der Waals surface area contributed by atoms with Crippen molar-refractivity contribution in [2.45, 2.75) is 47.1 Å². The molecule has 0 aliphatic rings. The minimum absolute atomic E-state index is 0.838. The van der Waals surface area contributed by atoms with Crippen LogP contribution in [0.15, 0.2) is 12.1 Å². The second-order valence-corrected chi connectivity index (χ2v) is 3.91. The van der Waals surface area contributed by atoms with Gasteiger partial charge >= 0.3 is 0 Å². The lowest BCUT2D eigenvalue weighted by atomic mass is 10.0. The van der Waals surface area contributed by atoms with Crippen LogP contribution in [0.4, 0.5) is 0 Å². The third kappa shape index (κ3) is 2.36. The van der Waals surface area contributed by atoms with Gasteiger partial charge in [0.2, 0.25) is 0 Å². The number of hydrogen-bond acceptors (Lipinski definition) is 0. The molecule has 0 radical (unpaired) electrons. The molecule has 0 fully saturated rings. The van der Waals surface area contributed by atoms with Gasteiger partial charge in [0, 0.05) is 17.9 Å². The molecule has 1 rings (SSSR count). The lowest BCUT2D eigenvalue weighted by Crippen LogP contribution is -2.11. The van der Waals surface area contributed by atoms with Crippen molar-refractivity contribution in [3.63, 3.8) is 0 Å². The lowest BCUT2D eigenvalue weighted by Gasteiger charge is -2.16. The highest BCUT2D eigenvalue weighted by atomic mass is 15.0. The van der Waals surface area contributed by atoms with E-state index in [1.165, 1.54) is 30.8 Å². The number of aromatic nitrogens is 1.